The summed E-state index contributed by atoms with van der Waals surface area (Å²) in [5.41, 5.74) is 2.30. The summed E-state index contributed by atoms with van der Waals surface area (Å²) < 4.78 is 7.42. The lowest BCUT2D eigenvalue weighted by atomic mass is 9.79. The highest BCUT2D eigenvalue weighted by Gasteiger charge is 2.28. The van der Waals surface area contributed by atoms with Gasteiger partial charge in [-0.2, -0.15) is 0 Å². The Morgan fingerprint density at radius 1 is 1.20 bits per heavy atom. The summed E-state index contributed by atoms with van der Waals surface area (Å²) in [6.45, 7) is 8.65. The van der Waals surface area contributed by atoms with Crippen LogP contribution in [0.25, 0.3) is 0 Å². The fourth-order valence-electron chi connectivity index (χ4n) is 4.57. The number of aromatic nitrogens is 2. The van der Waals surface area contributed by atoms with Crippen LogP contribution < -0.4 is 0 Å². The van der Waals surface area contributed by atoms with Crippen molar-refractivity contribution in [1.29, 1.82) is 0 Å². The molecule has 0 unspecified atom stereocenters. The first kappa shape index (κ1) is 27.0. The molecule has 188 valence electrons. The number of halogens is 1. The Bertz CT molecular complexity index is 1100. The van der Waals surface area contributed by atoms with Crippen molar-refractivity contribution in [3.8, 4) is 11.8 Å². The van der Waals surface area contributed by atoms with Crippen molar-refractivity contribution in [1.82, 2.24) is 9.55 Å². The number of hydrogen-bond donors (Lipinski definition) is 1. The van der Waals surface area contributed by atoms with Gasteiger partial charge >= 0.3 is 5.97 Å². The van der Waals surface area contributed by atoms with E-state index < -0.39 is 11.6 Å². The number of carboxylic acid groups (broad SMARTS) is 1. The molecule has 0 atom stereocenters. The van der Waals surface area contributed by atoms with E-state index in [1.54, 1.807) is 4.57 Å². The first-order valence-corrected chi connectivity index (χ1v) is 12.7. The van der Waals surface area contributed by atoms with Gasteiger partial charge in [-0.3, -0.25) is 9.59 Å². The first-order valence-electron chi connectivity index (χ1n) is 12.3. The van der Waals surface area contributed by atoms with Crippen LogP contribution >= 0.6 is 11.6 Å². The molecule has 0 radical (unpaired) electrons. The molecule has 6 nitrogen and oxygen atoms in total. The summed E-state index contributed by atoms with van der Waals surface area (Å²) in [6.07, 6.45) is 4.09. The zero-order valence-electron chi connectivity index (χ0n) is 21.1. The van der Waals surface area contributed by atoms with E-state index in [4.69, 9.17) is 16.3 Å². The molecule has 1 fully saturated rings. The summed E-state index contributed by atoms with van der Waals surface area (Å²) in [6, 6.07) is 8.09. The van der Waals surface area contributed by atoms with Gasteiger partial charge in [-0.15, -0.1) is 0 Å². The lowest BCUT2D eigenvalue weighted by Gasteiger charge is -2.25. The zero-order valence-corrected chi connectivity index (χ0v) is 21.8. The Balaban J connectivity index is 1.84. The van der Waals surface area contributed by atoms with Crippen molar-refractivity contribution in [2.75, 3.05) is 6.61 Å². The largest absolute Gasteiger partial charge is 0.481 e. The van der Waals surface area contributed by atoms with Crippen LogP contribution in [0.4, 0.5) is 0 Å². The predicted octanol–water partition coefficient (Wildman–Crippen LogP) is 5.91. The molecule has 2 aromatic rings. The summed E-state index contributed by atoms with van der Waals surface area (Å²) >= 11 is 6.53. The molecule has 1 aromatic heterocycles. The summed E-state index contributed by atoms with van der Waals surface area (Å²) in [5, 5.41) is 9.47. The molecular formula is C28H35ClN2O4. The molecule has 1 aliphatic rings. The number of ether oxygens (including phenoxy) is 1. The number of benzene rings is 1. The zero-order chi connectivity index (χ0) is 25.6. The van der Waals surface area contributed by atoms with E-state index in [0.717, 1.165) is 30.4 Å². The second-order valence-corrected chi connectivity index (χ2v) is 10.2. The quantitative estimate of drug-likeness (QED) is 0.343. The van der Waals surface area contributed by atoms with Gasteiger partial charge in [0.05, 0.1) is 12.5 Å². The summed E-state index contributed by atoms with van der Waals surface area (Å²) in [4.78, 5) is 29.2. The third kappa shape index (κ3) is 7.43. The van der Waals surface area contributed by atoms with Crippen molar-refractivity contribution in [2.24, 2.45) is 11.8 Å². The minimum Gasteiger partial charge on any atom is -0.481 e. The number of carbonyl (C=O) groups is 2. The van der Waals surface area contributed by atoms with Gasteiger partial charge < -0.3 is 14.4 Å². The molecule has 3 rings (SSSR count). The number of ketones is 1. The van der Waals surface area contributed by atoms with Crippen LogP contribution in [0.5, 0.6) is 0 Å². The maximum Gasteiger partial charge on any atom is 0.306 e. The Labute approximate surface area is 213 Å². The van der Waals surface area contributed by atoms with Gasteiger partial charge in [-0.1, -0.05) is 35.7 Å². The van der Waals surface area contributed by atoms with Crippen LogP contribution in [-0.2, 0) is 16.1 Å². The molecule has 1 aromatic carbocycles. The number of nitrogens with zero attached hydrogens (tertiary/aromatic N) is 2. The standard InChI is InChI=1S/C28H35ClN2O4/c1-5-35-28(3,4)17-16-23-25(24(32)15-12-20-10-13-22(14-11-20)26(33)34)31(27(29)30-23)18-21-8-6-19(2)7-9-21/h6-9,20,22H,5,10-15,18H2,1-4H3,(H,33,34). The molecule has 1 N–H and O–H groups in total. The second kappa shape index (κ2) is 11.9. The van der Waals surface area contributed by atoms with Gasteiger partial charge in [-0.05, 0) is 88.8 Å². The van der Waals surface area contributed by atoms with Crippen molar-refractivity contribution >= 4 is 23.4 Å². The third-order valence-electron chi connectivity index (χ3n) is 6.61. The van der Waals surface area contributed by atoms with Gasteiger partial charge in [-0.25, -0.2) is 4.98 Å². The lowest BCUT2D eigenvalue weighted by Crippen LogP contribution is -2.22. The number of Topliss-reactive ketones (excluding diaryl/α,β-unsaturated/α-hetero) is 1. The normalized spacial score (nSPS) is 18.1. The predicted molar refractivity (Wildman–Crippen MR) is 137 cm³/mol. The van der Waals surface area contributed by atoms with Crippen LogP contribution in [-0.4, -0.2) is 38.6 Å². The molecule has 0 aliphatic heterocycles. The van der Waals surface area contributed by atoms with E-state index >= 15 is 0 Å². The van der Waals surface area contributed by atoms with Gasteiger partial charge in [0.1, 0.15) is 17.0 Å². The topological polar surface area (TPSA) is 81.4 Å². The minimum atomic E-state index is -0.715. The van der Waals surface area contributed by atoms with Crippen LogP contribution in [0.2, 0.25) is 5.28 Å². The minimum absolute atomic E-state index is 0.0459. The lowest BCUT2D eigenvalue weighted by molar-refractivity contribution is -0.143. The SMILES string of the molecule is CCOC(C)(C)C#Cc1nc(Cl)n(Cc2ccc(C)cc2)c1C(=O)CCC1CCC(C(=O)O)CC1. The molecule has 1 saturated carbocycles. The van der Waals surface area contributed by atoms with Gasteiger partial charge in [0.25, 0.3) is 0 Å². The number of rotatable bonds is 9. The van der Waals surface area contributed by atoms with Gasteiger partial charge in [0.15, 0.2) is 5.78 Å². The smallest absolute Gasteiger partial charge is 0.306 e. The first-order chi connectivity index (χ1) is 16.6. The van der Waals surface area contributed by atoms with E-state index in [1.807, 2.05) is 52.0 Å². The molecule has 1 heterocycles. The Kier molecular flexibility index (Phi) is 9.15. The maximum absolute atomic E-state index is 13.5. The number of aryl methyl sites for hydroxylation is 1. The molecule has 0 saturated heterocycles. The highest BCUT2D eigenvalue weighted by Crippen LogP contribution is 2.32. The number of hydrogen-bond acceptors (Lipinski definition) is 4. The van der Waals surface area contributed by atoms with E-state index in [2.05, 4.69) is 16.8 Å². The number of carbonyl (C=O) groups excluding carboxylic acids is 1. The highest BCUT2D eigenvalue weighted by molar-refractivity contribution is 6.29. The second-order valence-electron chi connectivity index (χ2n) is 9.86. The highest BCUT2D eigenvalue weighted by atomic mass is 35.5. The van der Waals surface area contributed by atoms with E-state index in [-0.39, 0.29) is 17.0 Å². The van der Waals surface area contributed by atoms with Crippen LogP contribution in [0.1, 0.15) is 86.6 Å². The van der Waals surface area contributed by atoms with Crippen LogP contribution in [0.15, 0.2) is 24.3 Å². The average Bonchev–Trinajstić information content (AvgIpc) is 3.13. The molecule has 0 amide bonds. The fourth-order valence-corrected chi connectivity index (χ4v) is 4.80. The molecule has 7 heteroatoms. The Hall–Kier alpha value is -2.62. The molecule has 35 heavy (non-hydrogen) atoms. The monoisotopic (exact) mass is 498 g/mol. The number of aliphatic carboxylic acids is 1. The van der Waals surface area contributed by atoms with E-state index in [0.29, 0.717) is 49.7 Å². The molecule has 1 aliphatic carbocycles. The maximum atomic E-state index is 13.5. The third-order valence-corrected chi connectivity index (χ3v) is 6.90. The molecule has 0 spiro atoms. The molecule has 0 bridgehead atoms. The molecular weight excluding hydrogens is 464 g/mol. The van der Waals surface area contributed by atoms with Crippen LogP contribution in [0, 0.1) is 30.6 Å². The van der Waals surface area contributed by atoms with Gasteiger partial charge in [0.2, 0.25) is 5.28 Å². The van der Waals surface area contributed by atoms with E-state index in [9.17, 15) is 14.7 Å². The number of carboxylic acids is 1. The number of imidazole rings is 1. The Morgan fingerprint density at radius 3 is 2.46 bits per heavy atom. The van der Waals surface area contributed by atoms with E-state index in [1.165, 1.54) is 0 Å². The van der Waals surface area contributed by atoms with Crippen LogP contribution in [0.3, 0.4) is 0 Å². The van der Waals surface area contributed by atoms with Crippen molar-refractivity contribution in [2.45, 2.75) is 78.4 Å². The van der Waals surface area contributed by atoms with Gasteiger partial charge in [0, 0.05) is 13.0 Å². The summed E-state index contributed by atoms with van der Waals surface area (Å²) in [5.74, 6) is 5.48. The Morgan fingerprint density at radius 2 is 1.86 bits per heavy atom. The average molecular weight is 499 g/mol. The van der Waals surface area contributed by atoms with Crippen molar-refractivity contribution < 1.29 is 19.4 Å². The van der Waals surface area contributed by atoms with Crippen molar-refractivity contribution in [3.63, 3.8) is 0 Å². The summed E-state index contributed by atoms with van der Waals surface area (Å²) in [7, 11) is 0. The van der Waals surface area contributed by atoms with Crippen molar-refractivity contribution in [3.05, 3.63) is 52.1 Å². The fraction of sp³-hybridized carbons (Fsp3) is 0.536.